The molecule has 0 saturated heterocycles. The molecule has 10 heavy (non-hydrogen) atoms. The molecular weight excluding hydrogens is 134 g/mol. The number of carbonyl (C=O) groups excluding carboxylic acids is 1. The van der Waals surface area contributed by atoms with Gasteiger partial charge in [-0.05, 0) is 7.05 Å². The fraction of sp³-hybridized carbons (Fsp3) is 0.800. The molecule has 0 bridgehead atoms. The van der Waals surface area contributed by atoms with Crippen LogP contribution in [-0.4, -0.2) is 33.6 Å². The van der Waals surface area contributed by atoms with Crippen molar-refractivity contribution in [2.45, 2.75) is 0 Å². The molecule has 3 N–H and O–H groups in total. The van der Waals surface area contributed by atoms with E-state index in [9.17, 15) is 4.79 Å². The van der Waals surface area contributed by atoms with Crippen molar-refractivity contribution in [1.29, 1.82) is 0 Å². The number of nitrogens with one attached hydrogen (secondary N) is 3. The van der Waals surface area contributed by atoms with Gasteiger partial charge in [0.05, 0.1) is 6.73 Å². The SMILES string of the molecule is CNCOCNC(=O)NC. The molecule has 0 aromatic heterocycles. The van der Waals surface area contributed by atoms with E-state index in [1.807, 2.05) is 0 Å². The Labute approximate surface area is 60.1 Å². The van der Waals surface area contributed by atoms with Gasteiger partial charge in [0.15, 0.2) is 0 Å². The Morgan fingerprint density at radius 2 is 2.10 bits per heavy atom. The van der Waals surface area contributed by atoms with Crippen LogP contribution in [0.4, 0.5) is 4.79 Å². The number of rotatable bonds is 4. The number of amides is 2. The molecule has 5 nitrogen and oxygen atoms in total. The van der Waals surface area contributed by atoms with Gasteiger partial charge in [0.25, 0.3) is 0 Å². The van der Waals surface area contributed by atoms with E-state index >= 15 is 0 Å². The van der Waals surface area contributed by atoms with Crippen LogP contribution in [0.1, 0.15) is 0 Å². The lowest BCUT2D eigenvalue weighted by Crippen LogP contribution is -2.35. The van der Waals surface area contributed by atoms with E-state index in [0.29, 0.717) is 6.73 Å². The summed E-state index contributed by atoms with van der Waals surface area (Å²) in [7, 11) is 3.31. The standard InChI is InChI=1S/C5H13N3O2/c1-6-3-10-4-8-5(9)7-2/h6H,3-4H2,1-2H3,(H2,7,8,9). The monoisotopic (exact) mass is 147 g/mol. The third-order valence-electron chi connectivity index (χ3n) is 0.808. The Bertz CT molecular complexity index is 96.9. The lowest BCUT2D eigenvalue weighted by molar-refractivity contribution is 0.109. The van der Waals surface area contributed by atoms with Gasteiger partial charge in [-0.2, -0.15) is 0 Å². The number of ether oxygens (including phenoxy) is 1. The summed E-state index contributed by atoms with van der Waals surface area (Å²) in [5.41, 5.74) is 0. The number of hydrogen-bond acceptors (Lipinski definition) is 3. The van der Waals surface area contributed by atoms with Crippen molar-refractivity contribution in [3.63, 3.8) is 0 Å². The van der Waals surface area contributed by atoms with Gasteiger partial charge in [0, 0.05) is 7.05 Å². The molecule has 0 aliphatic carbocycles. The molecule has 0 rings (SSSR count). The van der Waals surface area contributed by atoms with Crippen molar-refractivity contribution in [2.24, 2.45) is 0 Å². The van der Waals surface area contributed by atoms with Gasteiger partial charge in [-0.15, -0.1) is 0 Å². The fourth-order valence-electron chi connectivity index (χ4n) is 0.358. The molecule has 0 fully saturated rings. The molecule has 0 aromatic carbocycles. The lowest BCUT2D eigenvalue weighted by atomic mass is 10.9. The minimum absolute atomic E-state index is 0.223. The molecule has 0 heterocycles. The quantitative estimate of drug-likeness (QED) is 0.355. The van der Waals surface area contributed by atoms with Crippen molar-refractivity contribution in [2.75, 3.05) is 27.6 Å². The van der Waals surface area contributed by atoms with Gasteiger partial charge in [-0.3, -0.25) is 5.32 Å². The first-order chi connectivity index (χ1) is 4.81. The summed E-state index contributed by atoms with van der Waals surface area (Å²) in [6, 6.07) is -0.240. The van der Waals surface area contributed by atoms with Gasteiger partial charge < -0.3 is 15.4 Å². The largest absolute Gasteiger partial charge is 0.346 e. The highest BCUT2D eigenvalue weighted by Crippen LogP contribution is 1.65. The first-order valence-corrected chi connectivity index (χ1v) is 2.99. The van der Waals surface area contributed by atoms with Crippen molar-refractivity contribution in [3.8, 4) is 0 Å². The smallest absolute Gasteiger partial charge is 0.316 e. The van der Waals surface area contributed by atoms with Crippen LogP contribution in [0, 0.1) is 0 Å². The van der Waals surface area contributed by atoms with Crippen molar-refractivity contribution in [3.05, 3.63) is 0 Å². The maximum atomic E-state index is 10.5. The molecule has 0 spiro atoms. The van der Waals surface area contributed by atoms with Gasteiger partial charge in [0.1, 0.15) is 6.73 Å². The Balaban J connectivity index is 2.96. The van der Waals surface area contributed by atoms with Crippen molar-refractivity contribution < 1.29 is 9.53 Å². The highest BCUT2D eigenvalue weighted by molar-refractivity contribution is 5.73. The van der Waals surface area contributed by atoms with Crippen LogP contribution in [0.25, 0.3) is 0 Å². The Morgan fingerprint density at radius 1 is 1.40 bits per heavy atom. The zero-order chi connectivity index (χ0) is 7.82. The topological polar surface area (TPSA) is 62.4 Å². The third-order valence-corrected chi connectivity index (χ3v) is 0.808. The van der Waals surface area contributed by atoms with Crippen LogP contribution in [0.2, 0.25) is 0 Å². The second kappa shape index (κ2) is 6.31. The zero-order valence-corrected chi connectivity index (χ0v) is 6.23. The summed E-state index contributed by atoms with van der Waals surface area (Å²) in [4.78, 5) is 10.5. The molecule has 60 valence electrons. The Kier molecular flexibility index (Phi) is 5.80. The average molecular weight is 147 g/mol. The molecule has 0 saturated carbocycles. The van der Waals surface area contributed by atoms with Crippen LogP contribution < -0.4 is 16.0 Å². The molecule has 0 aromatic rings. The van der Waals surface area contributed by atoms with Crippen LogP contribution in [0.5, 0.6) is 0 Å². The van der Waals surface area contributed by atoms with Crippen LogP contribution in [0.15, 0.2) is 0 Å². The first-order valence-electron chi connectivity index (χ1n) is 2.99. The van der Waals surface area contributed by atoms with E-state index in [-0.39, 0.29) is 12.8 Å². The molecule has 0 aliphatic rings. The predicted octanol–water partition coefficient (Wildman–Crippen LogP) is -0.934. The van der Waals surface area contributed by atoms with Gasteiger partial charge in [-0.1, -0.05) is 0 Å². The molecule has 0 unspecified atom stereocenters. The average Bonchev–Trinajstić information content (AvgIpc) is 1.98. The predicted molar refractivity (Wildman–Crippen MR) is 37.5 cm³/mol. The van der Waals surface area contributed by atoms with Crippen molar-refractivity contribution in [1.82, 2.24) is 16.0 Å². The van der Waals surface area contributed by atoms with Gasteiger partial charge in [-0.25, -0.2) is 4.79 Å². The summed E-state index contributed by atoms with van der Waals surface area (Å²) in [5, 5.41) is 7.61. The van der Waals surface area contributed by atoms with Crippen LogP contribution in [0.3, 0.4) is 0 Å². The summed E-state index contributed by atoms with van der Waals surface area (Å²) < 4.78 is 4.87. The lowest BCUT2D eigenvalue weighted by Gasteiger charge is -2.03. The number of hydrogen-bond donors (Lipinski definition) is 3. The Hall–Kier alpha value is -0.810. The normalized spacial score (nSPS) is 9.00. The molecule has 0 atom stereocenters. The molecular formula is C5H13N3O2. The first kappa shape index (κ1) is 9.19. The van der Waals surface area contributed by atoms with Crippen LogP contribution >= 0.6 is 0 Å². The minimum Gasteiger partial charge on any atom is -0.346 e. The maximum Gasteiger partial charge on any atom is 0.316 e. The maximum absolute atomic E-state index is 10.5. The fourth-order valence-corrected chi connectivity index (χ4v) is 0.358. The molecule has 5 heteroatoms. The highest BCUT2D eigenvalue weighted by Gasteiger charge is 1.91. The second-order valence-electron chi connectivity index (χ2n) is 1.60. The molecule has 0 radical (unpaired) electrons. The highest BCUT2D eigenvalue weighted by atomic mass is 16.5. The van der Waals surface area contributed by atoms with E-state index in [1.54, 1.807) is 14.1 Å². The summed E-state index contributed by atoms with van der Waals surface area (Å²) in [5.74, 6) is 0. The summed E-state index contributed by atoms with van der Waals surface area (Å²) >= 11 is 0. The Morgan fingerprint density at radius 3 is 2.60 bits per heavy atom. The molecule has 2 amide bonds. The van der Waals surface area contributed by atoms with E-state index in [4.69, 9.17) is 4.74 Å². The number of carbonyl (C=O) groups is 1. The summed E-state index contributed by atoms with van der Waals surface area (Å²) in [6.45, 7) is 0.657. The van der Waals surface area contributed by atoms with Gasteiger partial charge in [0.2, 0.25) is 0 Å². The van der Waals surface area contributed by atoms with Crippen LogP contribution in [-0.2, 0) is 4.74 Å². The van der Waals surface area contributed by atoms with E-state index in [2.05, 4.69) is 16.0 Å². The van der Waals surface area contributed by atoms with Gasteiger partial charge >= 0.3 is 6.03 Å². The van der Waals surface area contributed by atoms with E-state index in [0.717, 1.165) is 0 Å². The van der Waals surface area contributed by atoms with E-state index < -0.39 is 0 Å². The zero-order valence-electron chi connectivity index (χ0n) is 6.23. The van der Waals surface area contributed by atoms with E-state index in [1.165, 1.54) is 0 Å². The van der Waals surface area contributed by atoms with Crippen molar-refractivity contribution >= 4 is 6.03 Å². The molecule has 0 aliphatic heterocycles. The summed E-state index contributed by atoms with van der Waals surface area (Å²) in [6.07, 6.45) is 0. The minimum atomic E-state index is -0.240. The second-order valence-corrected chi connectivity index (χ2v) is 1.60. The third kappa shape index (κ3) is 5.33. The number of urea groups is 1.